The summed E-state index contributed by atoms with van der Waals surface area (Å²) >= 11 is 0. The summed E-state index contributed by atoms with van der Waals surface area (Å²) in [5.74, 6) is 0. The molecule has 26 heavy (non-hydrogen) atoms. The van der Waals surface area contributed by atoms with Crippen LogP contribution in [0.1, 0.15) is 60.8 Å². The highest BCUT2D eigenvalue weighted by Crippen LogP contribution is 2.42. The smallest absolute Gasteiger partial charge is 0.192 e. The molecule has 1 fully saturated rings. The molecule has 154 valence electrons. The van der Waals surface area contributed by atoms with Crippen LogP contribution in [0.3, 0.4) is 0 Å². The second kappa shape index (κ2) is 8.88. The van der Waals surface area contributed by atoms with Crippen LogP contribution in [0.25, 0.3) is 0 Å². The highest BCUT2D eigenvalue weighted by molar-refractivity contribution is 7.31. The van der Waals surface area contributed by atoms with Gasteiger partial charge in [0.05, 0.1) is 12.2 Å². The molecule has 0 saturated heterocycles. The molecule has 0 aromatic rings. The van der Waals surface area contributed by atoms with E-state index < -0.39 is 16.6 Å². The van der Waals surface area contributed by atoms with E-state index >= 15 is 0 Å². The summed E-state index contributed by atoms with van der Waals surface area (Å²) in [5.41, 5.74) is 1.41. The van der Waals surface area contributed by atoms with Gasteiger partial charge in [0.1, 0.15) is 0 Å². The summed E-state index contributed by atoms with van der Waals surface area (Å²) < 4.78 is 13.5. The Bertz CT molecular complexity index is 452. The van der Waals surface area contributed by atoms with Gasteiger partial charge in [-0.2, -0.15) is 0 Å². The normalized spacial score (nSPS) is 25.4. The van der Waals surface area contributed by atoms with Gasteiger partial charge >= 0.3 is 0 Å². The molecule has 1 aliphatic carbocycles. The van der Waals surface area contributed by atoms with Crippen molar-refractivity contribution < 1.29 is 13.7 Å². The van der Waals surface area contributed by atoms with Crippen molar-refractivity contribution in [1.29, 1.82) is 0 Å². The molecule has 1 saturated carbocycles. The van der Waals surface area contributed by atoms with Crippen LogP contribution in [0.5, 0.6) is 0 Å². The molecule has 0 bridgehead atoms. The minimum absolute atomic E-state index is 0.0129. The van der Waals surface area contributed by atoms with Crippen molar-refractivity contribution >= 4 is 25.4 Å². The standard InChI is InChI=1S/C20H43O3PSi2/c1-19(2,3)25(7,8)22-17-13-16(11-12-24-21)14-18(15-17)23-26(9,10)20(4,5)6/h11,17-18,21,24H,12-15H2,1-10H3/t17-,18?/m1/s1. The van der Waals surface area contributed by atoms with Crippen LogP contribution in [0, 0.1) is 0 Å². The highest BCUT2D eigenvalue weighted by Gasteiger charge is 2.43. The van der Waals surface area contributed by atoms with Crippen molar-refractivity contribution in [2.24, 2.45) is 0 Å². The van der Waals surface area contributed by atoms with E-state index in [-0.39, 0.29) is 31.1 Å². The summed E-state index contributed by atoms with van der Waals surface area (Å²) in [4.78, 5) is 9.25. The molecule has 0 aliphatic heterocycles. The van der Waals surface area contributed by atoms with Crippen molar-refractivity contribution in [2.75, 3.05) is 6.16 Å². The van der Waals surface area contributed by atoms with Crippen LogP contribution in [0.2, 0.25) is 36.3 Å². The van der Waals surface area contributed by atoms with Crippen molar-refractivity contribution in [2.45, 2.75) is 109 Å². The summed E-state index contributed by atoms with van der Waals surface area (Å²) in [6.07, 6.45) is 6.46. The lowest BCUT2D eigenvalue weighted by molar-refractivity contribution is 0.0725. The fourth-order valence-electron chi connectivity index (χ4n) is 2.85. The minimum atomic E-state index is -1.80. The molecule has 6 heteroatoms. The van der Waals surface area contributed by atoms with Gasteiger partial charge in [-0.05, 0) is 55.5 Å². The van der Waals surface area contributed by atoms with E-state index in [0.717, 1.165) is 25.4 Å². The largest absolute Gasteiger partial charge is 0.414 e. The average molecular weight is 419 g/mol. The molecule has 0 heterocycles. The first-order valence-corrected chi connectivity index (χ1v) is 17.0. The Labute approximate surface area is 166 Å². The van der Waals surface area contributed by atoms with E-state index in [1.807, 2.05) is 0 Å². The van der Waals surface area contributed by atoms with Crippen molar-refractivity contribution in [3.05, 3.63) is 11.6 Å². The fourth-order valence-corrected chi connectivity index (χ4v) is 5.96. The first-order chi connectivity index (χ1) is 11.6. The van der Waals surface area contributed by atoms with Gasteiger partial charge in [-0.3, -0.25) is 0 Å². The zero-order chi connectivity index (χ0) is 20.4. The predicted octanol–water partition coefficient (Wildman–Crippen LogP) is 6.46. The van der Waals surface area contributed by atoms with Gasteiger partial charge in [-0.1, -0.05) is 53.2 Å². The molecule has 3 nitrogen and oxygen atoms in total. The third-order valence-corrected chi connectivity index (χ3v) is 16.0. The predicted molar refractivity (Wildman–Crippen MR) is 121 cm³/mol. The number of hydrogen-bond donors (Lipinski definition) is 1. The van der Waals surface area contributed by atoms with Gasteiger partial charge in [0.15, 0.2) is 16.6 Å². The van der Waals surface area contributed by atoms with Gasteiger partial charge in [-0.15, -0.1) is 0 Å². The maximum Gasteiger partial charge on any atom is 0.192 e. The van der Waals surface area contributed by atoms with Crippen LogP contribution < -0.4 is 0 Å². The van der Waals surface area contributed by atoms with Gasteiger partial charge in [0.25, 0.3) is 0 Å². The summed E-state index contributed by atoms with van der Waals surface area (Å²) in [6, 6.07) is 0. The third-order valence-electron chi connectivity index (χ3n) is 6.52. The van der Waals surface area contributed by atoms with Gasteiger partial charge in [-0.25, -0.2) is 0 Å². The van der Waals surface area contributed by atoms with Crippen LogP contribution in [0.15, 0.2) is 11.6 Å². The molecule has 0 aromatic heterocycles. The molecule has 1 rings (SSSR count). The van der Waals surface area contributed by atoms with Crippen molar-refractivity contribution in [1.82, 2.24) is 0 Å². The lowest BCUT2D eigenvalue weighted by Gasteiger charge is -2.45. The van der Waals surface area contributed by atoms with E-state index in [9.17, 15) is 4.89 Å². The Morgan fingerprint density at radius 1 is 0.923 bits per heavy atom. The van der Waals surface area contributed by atoms with E-state index in [0.29, 0.717) is 0 Å². The maximum atomic E-state index is 9.25. The first kappa shape index (κ1) is 24.5. The Balaban J connectivity index is 2.96. The molecular formula is C20H43O3PSi2. The molecule has 0 aromatic carbocycles. The lowest BCUT2D eigenvalue weighted by Crippen LogP contribution is -2.48. The quantitative estimate of drug-likeness (QED) is 0.305. The molecule has 0 radical (unpaired) electrons. The van der Waals surface area contributed by atoms with Gasteiger partial charge < -0.3 is 13.7 Å². The Hall–Kier alpha value is 0.484. The Morgan fingerprint density at radius 3 is 1.62 bits per heavy atom. The number of allylic oxidation sites excluding steroid dienone is 1. The van der Waals surface area contributed by atoms with Gasteiger partial charge in [0.2, 0.25) is 0 Å². The maximum absolute atomic E-state index is 9.25. The van der Waals surface area contributed by atoms with E-state index in [1.54, 1.807) is 0 Å². The molecule has 0 spiro atoms. The molecule has 0 amide bonds. The summed E-state index contributed by atoms with van der Waals surface area (Å²) in [6.45, 7) is 23.2. The molecule has 1 N–H and O–H groups in total. The molecular weight excluding hydrogens is 375 g/mol. The fraction of sp³-hybridized carbons (Fsp3) is 0.900. The second-order valence-electron chi connectivity index (χ2n) is 10.9. The average Bonchev–Trinajstić information content (AvgIpc) is 2.41. The van der Waals surface area contributed by atoms with E-state index in [2.05, 4.69) is 73.8 Å². The third kappa shape index (κ3) is 6.82. The van der Waals surface area contributed by atoms with E-state index in [1.165, 1.54) is 5.57 Å². The van der Waals surface area contributed by atoms with Gasteiger partial charge in [0, 0.05) is 15.0 Å². The Morgan fingerprint density at radius 2 is 1.31 bits per heavy atom. The lowest BCUT2D eigenvalue weighted by atomic mass is 9.90. The van der Waals surface area contributed by atoms with Crippen molar-refractivity contribution in [3.8, 4) is 0 Å². The molecule has 2 unspecified atom stereocenters. The molecule has 3 atom stereocenters. The SMILES string of the molecule is CC(C)(C)[Si](C)(C)OC1CC(=CCPO)C[C@@H](O[Si](C)(C)C(C)(C)C)C1. The first-order valence-electron chi connectivity index (χ1n) is 9.99. The number of rotatable bonds is 6. The van der Waals surface area contributed by atoms with Crippen molar-refractivity contribution in [3.63, 3.8) is 0 Å². The molecule has 1 aliphatic rings. The van der Waals surface area contributed by atoms with Crippen LogP contribution in [0.4, 0.5) is 0 Å². The van der Waals surface area contributed by atoms with Crippen LogP contribution in [-0.2, 0) is 8.85 Å². The zero-order valence-electron chi connectivity index (χ0n) is 18.8. The second-order valence-corrected chi connectivity index (χ2v) is 21.1. The van der Waals surface area contributed by atoms with Crippen LogP contribution >= 0.6 is 8.81 Å². The summed E-state index contributed by atoms with van der Waals surface area (Å²) in [7, 11) is -3.61. The Kier molecular flexibility index (Phi) is 8.37. The highest BCUT2D eigenvalue weighted by atomic mass is 31.1. The van der Waals surface area contributed by atoms with E-state index in [4.69, 9.17) is 8.85 Å². The zero-order valence-corrected chi connectivity index (χ0v) is 21.8. The van der Waals surface area contributed by atoms with Crippen LogP contribution in [-0.4, -0.2) is 39.9 Å². The number of hydrogen-bond acceptors (Lipinski definition) is 3. The summed E-state index contributed by atoms with van der Waals surface area (Å²) in [5, 5.41) is 0.438. The minimum Gasteiger partial charge on any atom is -0.414 e. The monoisotopic (exact) mass is 418 g/mol. The topological polar surface area (TPSA) is 38.7 Å².